The van der Waals surface area contributed by atoms with Crippen LogP contribution in [0.1, 0.15) is 36.0 Å². The largest absolute Gasteiger partial charge is 0.465 e. The molecule has 0 bridgehead atoms. The second kappa shape index (κ2) is 6.70. The molecule has 5 nitrogen and oxygen atoms in total. The molecule has 20 heavy (non-hydrogen) atoms. The molecule has 0 spiro atoms. The van der Waals surface area contributed by atoms with Crippen molar-refractivity contribution in [3.63, 3.8) is 0 Å². The number of anilines is 1. The molecule has 1 aliphatic rings. The van der Waals surface area contributed by atoms with Crippen LogP contribution in [0.3, 0.4) is 0 Å². The number of hydrogen-bond donors (Lipinski definition) is 1. The van der Waals surface area contributed by atoms with E-state index in [-0.39, 0.29) is 5.97 Å². The highest BCUT2D eigenvalue weighted by Gasteiger charge is 2.30. The smallest absolute Gasteiger partial charge is 0.341 e. The number of hydrogen-bond acceptors (Lipinski definition) is 5. The Morgan fingerprint density at radius 1 is 1.50 bits per heavy atom. The summed E-state index contributed by atoms with van der Waals surface area (Å²) in [6.07, 6.45) is 6.38. The zero-order chi connectivity index (χ0) is 14.5. The van der Waals surface area contributed by atoms with Crippen LogP contribution in [-0.2, 0) is 4.74 Å². The SMILES string of the molecule is COC(=O)c1cccnc1N(C)C1CCCCC1CN. The highest BCUT2D eigenvalue weighted by molar-refractivity contribution is 5.94. The van der Waals surface area contributed by atoms with Gasteiger partial charge in [0.15, 0.2) is 0 Å². The molecule has 1 aromatic rings. The fourth-order valence-corrected chi connectivity index (χ4v) is 3.08. The predicted molar refractivity (Wildman–Crippen MR) is 78.8 cm³/mol. The van der Waals surface area contributed by atoms with Crippen LogP contribution in [0, 0.1) is 5.92 Å². The van der Waals surface area contributed by atoms with Crippen LogP contribution in [-0.4, -0.2) is 37.7 Å². The van der Waals surface area contributed by atoms with Crippen molar-refractivity contribution < 1.29 is 9.53 Å². The maximum atomic E-state index is 11.9. The predicted octanol–water partition coefficient (Wildman–Crippen LogP) is 1.82. The first kappa shape index (κ1) is 14.8. The van der Waals surface area contributed by atoms with E-state index in [1.54, 1.807) is 18.3 Å². The molecule has 0 aromatic carbocycles. The van der Waals surface area contributed by atoms with Gasteiger partial charge in [-0.3, -0.25) is 0 Å². The van der Waals surface area contributed by atoms with Crippen molar-refractivity contribution >= 4 is 11.8 Å². The van der Waals surface area contributed by atoms with E-state index in [0.29, 0.717) is 29.9 Å². The lowest BCUT2D eigenvalue weighted by atomic mass is 9.83. The minimum atomic E-state index is -0.347. The number of pyridine rings is 1. The number of carbonyl (C=O) groups is 1. The van der Waals surface area contributed by atoms with Gasteiger partial charge in [-0.05, 0) is 37.4 Å². The highest BCUT2D eigenvalue weighted by Crippen LogP contribution is 2.30. The van der Waals surface area contributed by atoms with Gasteiger partial charge in [-0.1, -0.05) is 12.8 Å². The Morgan fingerprint density at radius 3 is 2.95 bits per heavy atom. The Kier molecular flexibility index (Phi) is 4.95. The molecule has 2 atom stereocenters. The molecule has 0 aliphatic heterocycles. The molecule has 1 aliphatic carbocycles. The summed E-state index contributed by atoms with van der Waals surface area (Å²) in [5.41, 5.74) is 6.41. The van der Waals surface area contributed by atoms with Crippen molar-refractivity contribution in [2.45, 2.75) is 31.7 Å². The van der Waals surface area contributed by atoms with Gasteiger partial charge in [0.25, 0.3) is 0 Å². The normalized spacial score (nSPS) is 22.4. The number of esters is 1. The van der Waals surface area contributed by atoms with Crippen molar-refractivity contribution in [2.24, 2.45) is 11.7 Å². The van der Waals surface area contributed by atoms with E-state index < -0.39 is 0 Å². The minimum absolute atomic E-state index is 0.340. The van der Waals surface area contributed by atoms with Crippen LogP contribution < -0.4 is 10.6 Å². The van der Waals surface area contributed by atoms with E-state index in [1.165, 1.54) is 20.0 Å². The Balaban J connectivity index is 2.28. The van der Waals surface area contributed by atoms with Crippen molar-refractivity contribution in [3.05, 3.63) is 23.9 Å². The van der Waals surface area contributed by atoms with Gasteiger partial charge in [0.2, 0.25) is 0 Å². The van der Waals surface area contributed by atoms with Gasteiger partial charge in [-0.25, -0.2) is 9.78 Å². The summed E-state index contributed by atoms with van der Waals surface area (Å²) in [5, 5.41) is 0. The Hall–Kier alpha value is -1.62. The van der Waals surface area contributed by atoms with E-state index >= 15 is 0 Å². The van der Waals surface area contributed by atoms with Gasteiger partial charge in [0, 0.05) is 19.3 Å². The van der Waals surface area contributed by atoms with E-state index in [1.807, 2.05) is 7.05 Å². The Bertz CT molecular complexity index is 464. The number of ether oxygens (including phenoxy) is 1. The van der Waals surface area contributed by atoms with Crippen molar-refractivity contribution in [1.82, 2.24) is 4.98 Å². The van der Waals surface area contributed by atoms with Gasteiger partial charge in [-0.15, -0.1) is 0 Å². The molecule has 2 unspecified atom stereocenters. The maximum Gasteiger partial charge on any atom is 0.341 e. The average Bonchev–Trinajstić information content (AvgIpc) is 2.53. The van der Waals surface area contributed by atoms with E-state index in [2.05, 4.69) is 9.88 Å². The molecular weight excluding hydrogens is 254 g/mol. The summed E-state index contributed by atoms with van der Waals surface area (Å²) in [4.78, 5) is 18.3. The van der Waals surface area contributed by atoms with Gasteiger partial charge >= 0.3 is 5.97 Å². The van der Waals surface area contributed by atoms with Crippen LogP contribution >= 0.6 is 0 Å². The van der Waals surface area contributed by atoms with E-state index in [4.69, 9.17) is 10.5 Å². The monoisotopic (exact) mass is 277 g/mol. The number of rotatable bonds is 4. The second-order valence-corrected chi connectivity index (χ2v) is 5.32. The fraction of sp³-hybridized carbons (Fsp3) is 0.600. The van der Waals surface area contributed by atoms with Crippen LogP contribution in [0.2, 0.25) is 0 Å². The van der Waals surface area contributed by atoms with Crippen molar-refractivity contribution in [1.29, 1.82) is 0 Å². The minimum Gasteiger partial charge on any atom is -0.465 e. The lowest BCUT2D eigenvalue weighted by Gasteiger charge is -2.38. The summed E-state index contributed by atoms with van der Waals surface area (Å²) in [7, 11) is 3.38. The third kappa shape index (κ3) is 2.93. The lowest BCUT2D eigenvalue weighted by Crippen LogP contribution is -2.44. The topological polar surface area (TPSA) is 68.5 Å². The van der Waals surface area contributed by atoms with E-state index in [9.17, 15) is 4.79 Å². The molecule has 2 N–H and O–H groups in total. The fourth-order valence-electron chi connectivity index (χ4n) is 3.08. The summed E-state index contributed by atoms with van der Waals surface area (Å²) < 4.78 is 4.84. The molecule has 1 aromatic heterocycles. The molecule has 2 rings (SSSR count). The molecule has 5 heteroatoms. The average molecular weight is 277 g/mol. The van der Waals surface area contributed by atoms with Crippen LogP contribution in [0.15, 0.2) is 18.3 Å². The summed E-state index contributed by atoms with van der Waals surface area (Å²) >= 11 is 0. The standard InChI is InChI=1S/C15H23N3O2/c1-18(13-8-4-3-6-11(13)10-16)14-12(15(19)20-2)7-5-9-17-14/h5,7,9,11,13H,3-4,6,8,10,16H2,1-2H3. The maximum absolute atomic E-state index is 11.9. The summed E-state index contributed by atoms with van der Waals surface area (Å²) in [6, 6.07) is 3.85. The number of nitrogens with zero attached hydrogens (tertiary/aromatic N) is 2. The molecule has 110 valence electrons. The van der Waals surface area contributed by atoms with Crippen molar-refractivity contribution in [2.75, 3.05) is 25.6 Å². The molecular formula is C15H23N3O2. The molecule has 1 saturated carbocycles. The Morgan fingerprint density at radius 2 is 2.25 bits per heavy atom. The molecule has 0 amide bonds. The van der Waals surface area contributed by atoms with Crippen molar-refractivity contribution in [3.8, 4) is 0 Å². The molecule has 1 fully saturated rings. The number of methoxy groups -OCH3 is 1. The summed E-state index contributed by atoms with van der Waals surface area (Å²) in [6.45, 7) is 0.676. The van der Waals surface area contributed by atoms with Gasteiger partial charge in [0.05, 0.1) is 7.11 Å². The number of carbonyl (C=O) groups excluding carboxylic acids is 1. The number of aromatic nitrogens is 1. The van der Waals surface area contributed by atoms with E-state index in [0.717, 1.165) is 12.8 Å². The summed E-state index contributed by atoms with van der Waals surface area (Å²) in [5.74, 6) is 0.797. The van der Waals surface area contributed by atoms with Gasteiger partial charge in [0.1, 0.15) is 11.4 Å². The second-order valence-electron chi connectivity index (χ2n) is 5.32. The first-order chi connectivity index (χ1) is 9.69. The Labute approximate surface area is 120 Å². The number of nitrogens with two attached hydrogens (primary N) is 1. The molecule has 0 saturated heterocycles. The first-order valence-electron chi connectivity index (χ1n) is 7.15. The van der Waals surface area contributed by atoms with Gasteiger partial charge in [-0.2, -0.15) is 0 Å². The highest BCUT2D eigenvalue weighted by atomic mass is 16.5. The third-order valence-electron chi connectivity index (χ3n) is 4.20. The molecule has 0 radical (unpaired) electrons. The molecule has 1 heterocycles. The van der Waals surface area contributed by atoms with Crippen LogP contribution in [0.4, 0.5) is 5.82 Å². The zero-order valence-corrected chi connectivity index (χ0v) is 12.2. The third-order valence-corrected chi connectivity index (χ3v) is 4.20. The quantitative estimate of drug-likeness (QED) is 0.850. The first-order valence-corrected chi connectivity index (χ1v) is 7.15. The zero-order valence-electron chi connectivity index (χ0n) is 12.2. The van der Waals surface area contributed by atoms with Crippen LogP contribution in [0.5, 0.6) is 0 Å². The van der Waals surface area contributed by atoms with Gasteiger partial charge < -0.3 is 15.4 Å². The lowest BCUT2D eigenvalue weighted by molar-refractivity contribution is 0.0601. The van der Waals surface area contributed by atoms with Crippen LogP contribution in [0.25, 0.3) is 0 Å².